The van der Waals surface area contributed by atoms with Crippen molar-refractivity contribution in [3.8, 4) is 0 Å². The fourth-order valence-corrected chi connectivity index (χ4v) is 1.70. The van der Waals surface area contributed by atoms with Gasteiger partial charge in [0.2, 0.25) is 0 Å². The second-order valence-electron chi connectivity index (χ2n) is 4.17. The Morgan fingerprint density at radius 3 is 2.39 bits per heavy atom. The molecule has 1 fully saturated rings. The third kappa shape index (κ3) is 2.78. The Kier molecular flexibility index (Phi) is 4.61. The molecule has 1 aliphatic heterocycles. The lowest BCUT2D eigenvalue weighted by atomic mass is 9.91. The SMILES string of the molecule is O=C(O)[C@@]1(O)CC(O)[C@H](O)C(C(O)C(O)CO)O1. The molecule has 1 heterocycles. The first kappa shape index (κ1) is 15.2. The molecule has 18 heavy (non-hydrogen) atoms. The van der Waals surface area contributed by atoms with E-state index in [1.807, 2.05) is 0 Å². The Labute approximate surface area is 101 Å². The van der Waals surface area contributed by atoms with Crippen LogP contribution >= 0.6 is 0 Å². The van der Waals surface area contributed by atoms with E-state index in [0.717, 1.165) is 0 Å². The third-order valence-corrected chi connectivity index (χ3v) is 2.80. The fourth-order valence-electron chi connectivity index (χ4n) is 1.70. The molecular weight excluding hydrogens is 252 g/mol. The van der Waals surface area contributed by atoms with Crippen molar-refractivity contribution in [3.63, 3.8) is 0 Å². The molecule has 4 unspecified atom stereocenters. The van der Waals surface area contributed by atoms with Crippen molar-refractivity contribution in [1.29, 1.82) is 0 Å². The van der Waals surface area contributed by atoms with Gasteiger partial charge in [0.15, 0.2) is 0 Å². The zero-order valence-corrected chi connectivity index (χ0v) is 9.25. The maximum atomic E-state index is 10.8. The van der Waals surface area contributed by atoms with Crippen LogP contribution in [0.5, 0.6) is 0 Å². The molecule has 6 atom stereocenters. The second kappa shape index (κ2) is 5.45. The largest absolute Gasteiger partial charge is 0.477 e. The van der Waals surface area contributed by atoms with E-state index in [2.05, 4.69) is 4.74 Å². The summed E-state index contributed by atoms with van der Waals surface area (Å²) in [6, 6.07) is 0. The van der Waals surface area contributed by atoms with Gasteiger partial charge in [0, 0.05) is 6.42 Å². The molecule has 0 saturated carbocycles. The van der Waals surface area contributed by atoms with Gasteiger partial charge in [-0.25, -0.2) is 4.79 Å². The zero-order chi connectivity index (χ0) is 14.1. The molecule has 1 rings (SSSR count). The predicted molar refractivity (Wildman–Crippen MR) is 53.2 cm³/mol. The smallest absolute Gasteiger partial charge is 0.364 e. The van der Waals surface area contributed by atoms with Crippen LogP contribution in [0.1, 0.15) is 6.42 Å². The van der Waals surface area contributed by atoms with E-state index in [1.165, 1.54) is 0 Å². The average molecular weight is 268 g/mol. The number of hydrogen-bond donors (Lipinski definition) is 7. The predicted octanol–water partition coefficient (Wildman–Crippen LogP) is -4.02. The van der Waals surface area contributed by atoms with E-state index in [1.54, 1.807) is 0 Å². The number of aliphatic hydroxyl groups is 6. The van der Waals surface area contributed by atoms with Crippen LogP contribution in [0.15, 0.2) is 0 Å². The van der Waals surface area contributed by atoms with E-state index in [-0.39, 0.29) is 0 Å². The molecule has 1 saturated heterocycles. The highest BCUT2D eigenvalue weighted by Gasteiger charge is 2.53. The van der Waals surface area contributed by atoms with Crippen molar-refractivity contribution < 1.29 is 45.3 Å². The van der Waals surface area contributed by atoms with Crippen LogP contribution in [0.3, 0.4) is 0 Å². The summed E-state index contributed by atoms with van der Waals surface area (Å²) < 4.78 is 4.63. The number of hydrogen-bond acceptors (Lipinski definition) is 8. The molecule has 9 heteroatoms. The lowest BCUT2D eigenvalue weighted by Gasteiger charge is -2.42. The van der Waals surface area contributed by atoms with Crippen molar-refractivity contribution >= 4 is 5.97 Å². The van der Waals surface area contributed by atoms with Crippen LogP contribution in [0.4, 0.5) is 0 Å². The molecule has 0 amide bonds. The van der Waals surface area contributed by atoms with Gasteiger partial charge in [-0.15, -0.1) is 0 Å². The summed E-state index contributed by atoms with van der Waals surface area (Å²) >= 11 is 0. The first-order chi connectivity index (χ1) is 8.23. The van der Waals surface area contributed by atoms with Gasteiger partial charge < -0.3 is 40.5 Å². The topological polar surface area (TPSA) is 168 Å². The van der Waals surface area contributed by atoms with E-state index < -0.39 is 55.3 Å². The van der Waals surface area contributed by atoms with Crippen molar-refractivity contribution in [2.24, 2.45) is 0 Å². The minimum atomic E-state index is -2.78. The van der Waals surface area contributed by atoms with Gasteiger partial charge in [-0.1, -0.05) is 0 Å². The van der Waals surface area contributed by atoms with E-state index in [9.17, 15) is 30.3 Å². The highest BCUT2D eigenvalue weighted by atomic mass is 16.7. The van der Waals surface area contributed by atoms with Crippen LogP contribution in [0, 0.1) is 0 Å². The minimum Gasteiger partial charge on any atom is -0.477 e. The Morgan fingerprint density at radius 1 is 1.39 bits per heavy atom. The highest BCUT2D eigenvalue weighted by Crippen LogP contribution is 2.30. The number of rotatable bonds is 4. The lowest BCUT2D eigenvalue weighted by molar-refractivity contribution is -0.312. The maximum absolute atomic E-state index is 10.8. The lowest BCUT2D eigenvalue weighted by Crippen LogP contribution is -2.63. The standard InChI is InChI=1S/C9H16O9/c10-2-4(12)6(14)7-5(13)3(11)1-9(17,18-7)8(15)16/h3-7,10-14,17H,1-2H2,(H,15,16)/t3?,4?,5-,6?,7?,9+/m0/s1. The Morgan fingerprint density at radius 2 is 1.94 bits per heavy atom. The third-order valence-electron chi connectivity index (χ3n) is 2.80. The normalized spacial score (nSPS) is 40.2. The quantitative estimate of drug-likeness (QED) is 0.268. The summed E-state index contributed by atoms with van der Waals surface area (Å²) in [4.78, 5) is 10.8. The summed E-state index contributed by atoms with van der Waals surface area (Å²) in [6.07, 6.45) is -9.50. The summed E-state index contributed by atoms with van der Waals surface area (Å²) in [5.41, 5.74) is 0. The molecular formula is C9H16O9. The Bertz CT molecular complexity index is 308. The van der Waals surface area contributed by atoms with Gasteiger partial charge in [0.1, 0.15) is 24.4 Å². The van der Waals surface area contributed by atoms with Gasteiger partial charge in [-0.2, -0.15) is 0 Å². The molecule has 0 aromatic heterocycles. The van der Waals surface area contributed by atoms with Crippen molar-refractivity contribution in [3.05, 3.63) is 0 Å². The van der Waals surface area contributed by atoms with Crippen LogP contribution in [0.2, 0.25) is 0 Å². The van der Waals surface area contributed by atoms with Crippen LogP contribution < -0.4 is 0 Å². The molecule has 9 nitrogen and oxygen atoms in total. The molecule has 7 N–H and O–H groups in total. The second-order valence-corrected chi connectivity index (χ2v) is 4.17. The maximum Gasteiger partial charge on any atom is 0.364 e. The number of carboxylic acid groups (broad SMARTS) is 1. The van der Waals surface area contributed by atoms with E-state index in [4.69, 9.17) is 10.2 Å². The summed E-state index contributed by atoms with van der Waals surface area (Å²) in [6.45, 7) is -0.866. The molecule has 1 aliphatic rings. The first-order valence-electron chi connectivity index (χ1n) is 5.19. The number of aliphatic hydroxyl groups excluding tert-OH is 5. The summed E-state index contributed by atoms with van der Waals surface area (Å²) in [7, 11) is 0. The first-order valence-corrected chi connectivity index (χ1v) is 5.19. The monoisotopic (exact) mass is 268 g/mol. The molecule has 106 valence electrons. The summed E-state index contributed by atoms with van der Waals surface area (Å²) in [5, 5.41) is 64.6. The molecule has 0 bridgehead atoms. The Hall–Kier alpha value is -0.810. The summed E-state index contributed by atoms with van der Waals surface area (Å²) in [5.74, 6) is -4.58. The van der Waals surface area contributed by atoms with E-state index in [0.29, 0.717) is 0 Å². The molecule has 0 aromatic carbocycles. The minimum absolute atomic E-state index is 0.790. The highest BCUT2D eigenvalue weighted by molar-refractivity contribution is 5.75. The van der Waals surface area contributed by atoms with Gasteiger partial charge >= 0.3 is 5.97 Å². The van der Waals surface area contributed by atoms with Crippen LogP contribution in [-0.4, -0.2) is 84.6 Å². The molecule has 0 radical (unpaired) electrons. The van der Waals surface area contributed by atoms with E-state index >= 15 is 0 Å². The number of aliphatic carboxylic acids is 1. The van der Waals surface area contributed by atoms with Gasteiger partial charge in [-0.3, -0.25) is 0 Å². The van der Waals surface area contributed by atoms with Crippen LogP contribution in [-0.2, 0) is 9.53 Å². The molecule has 0 spiro atoms. The fraction of sp³-hybridized carbons (Fsp3) is 0.889. The number of carbonyl (C=O) groups is 1. The van der Waals surface area contributed by atoms with Crippen molar-refractivity contribution in [2.45, 2.75) is 42.7 Å². The zero-order valence-electron chi connectivity index (χ0n) is 9.25. The molecule has 0 aromatic rings. The van der Waals surface area contributed by atoms with Crippen molar-refractivity contribution in [1.82, 2.24) is 0 Å². The Balaban J connectivity index is 2.92. The average Bonchev–Trinajstić information content (AvgIpc) is 2.31. The van der Waals surface area contributed by atoms with Gasteiger partial charge in [-0.05, 0) is 0 Å². The van der Waals surface area contributed by atoms with Gasteiger partial charge in [0.25, 0.3) is 5.79 Å². The molecule has 0 aliphatic carbocycles. The van der Waals surface area contributed by atoms with Gasteiger partial charge in [0.05, 0.1) is 12.7 Å². The van der Waals surface area contributed by atoms with Crippen LogP contribution in [0.25, 0.3) is 0 Å². The number of ether oxygens (including phenoxy) is 1. The number of carboxylic acids is 1. The van der Waals surface area contributed by atoms with Crippen molar-refractivity contribution in [2.75, 3.05) is 6.61 Å².